The Kier molecular flexibility index (Phi) is 4.83. The van der Waals surface area contributed by atoms with Gasteiger partial charge in [-0.2, -0.15) is 0 Å². The largest absolute Gasteiger partial charge is 0.379 e. The molecule has 0 N–H and O–H groups in total. The highest BCUT2D eigenvalue weighted by Crippen LogP contribution is 2.29. The second kappa shape index (κ2) is 7.21. The third-order valence-corrected chi connectivity index (χ3v) is 5.35. The molecular weight excluding hydrogens is 324 g/mol. The van der Waals surface area contributed by atoms with E-state index in [4.69, 9.17) is 16.3 Å². The minimum Gasteiger partial charge on any atom is -0.379 e. The summed E-state index contributed by atoms with van der Waals surface area (Å²) in [6.45, 7) is 7.25. The van der Waals surface area contributed by atoms with Crippen molar-refractivity contribution in [2.45, 2.75) is 12.8 Å². The van der Waals surface area contributed by atoms with Crippen LogP contribution in [0, 0.1) is 5.92 Å². The molecule has 6 heteroatoms. The molecule has 0 atom stereocenters. The summed E-state index contributed by atoms with van der Waals surface area (Å²) >= 11 is 6.08. The first-order valence-corrected chi connectivity index (χ1v) is 9.13. The molecule has 2 aliphatic rings. The maximum absolute atomic E-state index is 6.08. The van der Waals surface area contributed by atoms with Crippen LogP contribution in [0.4, 0.5) is 5.82 Å². The summed E-state index contributed by atoms with van der Waals surface area (Å²) in [7, 11) is 0. The van der Waals surface area contributed by atoms with Gasteiger partial charge in [0.15, 0.2) is 0 Å². The van der Waals surface area contributed by atoms with Crippen molar-refractivity contribution in [2.75, 3.05) is 50.8 Å². The molecule has 24 heavy (non-hydrogen) atoms. The van der Waals surface area contributed by atoms with Crippen molar-refractivity contribution in [2.24, 2.45) is 5.92 Å². The summed E-state index contributed by atoms with van der Waals surface area (Å²) in [6.07, 6.45) is 4.08. The Morgan fingerprint density at radius 3 is 2.67 bits per heavy atom. The van der Waals surface area contributed by atoms with Gasteiger partial charge in [0, 0.05) is 43.1 Å². The average molecular weight is 347 g/mol. The van der Waals surface area contributed by atoms with E-state index in [2.05, 4.69) is 19.8 Å². The Morgan fingerprint density at radius 1 is 1.08 bits per heavy atom. The monoisotopic (exact) mass is 346 g/mol. The first-order valence-electron chi connectivity index (χ1n) is 8.75. The molecule has 4 rings (SSSR count). The van der Waals surface area contributed by atoms with Gasteiger partial charge in [0.1, 0.15) is 12.1 Å². The molecule has 2 aromatic rings. The number of nitrogens with zero attached hydrogens (tertiary/aromatic N) is 4. The van der Waals surface area contributed by atoms with E-state index in [1.807, 2.05) is 18.2 Å². The summed E-state index contributed by atoms with van der Waals surface area (Å²) in [4.78, 5) is 13.8. The van der Waals surface area contributed by atoms with E-state index in [-0.39, 0.29) is 0 Å². The molecule has 1 aromatic carbocycles. The molecule has 0 aliphatic carbocycles. The fourth-order valence-corrected chi connectivity index (χ4v) is 3.91. The molecule has 5 nitrogen and oxygen atoms in total. The highest BCUT2D eigenvalue weighted by molar-refractivity contribution is 6.31. The number of rotatable bonds is 3. The van der Waals surface area contributed by atoms with Crippen molar-refractivity contribution in [3.63, 3.8) is 0 Å². The van der Waals surface area contributed by atoms with Crippen molar-refractivity contribution in [3.8, 4) is 0 Å². The predicted molar refractivity (Wildman–Crippen MR) is 96.7 cm³/mol. The summed E-state index contributed by atoms with van der Waals surface area (Å²) in [5.74, 6) is 1.82. The number of hydrogen-bond acceptors (Lipinski definition) is 5. The average Bonchev–Trinajstić information content (AvgIpc) is 2.62. The molecule has 0 unspecified atom stereocenters. The summed E-state index contributed by atoms with van der Waals surface area (Å²) in [6, 6.07) is 5.86. The maximum atomic E-state index is 6.08. The number of fused-ring (bicyclic) bond motifs is 1. The zero-order valence-electron chi connectivity index (χ0n) is 13.8. The Bertz CT molecular complexity index is 696. The van der Waals surface area contributed by atoms with Crippen LogP contribution in [0.3, 0.4) is 0 Å². The minimum absolute atomic E-state index is 0.719. The van der Waals surface area contributed by atoms with Crippen LogP contribution in [0.15, 0.2) is 24.5 Å². The van der Waals surface area contributed by atoms with Crippen LogP contribution in [-0.4, -0.2) is 60.8 Å². The number of ether oxygens (including phenoxy) is 1. The fourth-order valence-electron chi connectivity index (χ4n) is 3.74. The van der Waals surface area contributed by atoms with Gasteiger partial charge in [0.05, 0.1) is 18.7 Å². The van der Waals surface area contributed by atoms with Crippen molar-refractivity contribution in [1.82, 2.24) is 14.9 Å². The Hall–Kier alpha value is -1.43. The van der Waals surface area contributed by atoms with Gasteiger partial charge < -0.3 is 9.64 Å². The molecule has 2 aliphatic heterocycles. The standard InChI is InChI=1S/C18H23ClN4O/c19-15-1-2-16-17(11-15)20-13-21-18(16)23-5-3-14(4-6-23)12-22-7-9-24-10-8-22/h1-2,11,13-14H,3-10,12H2. The predicted octanol–water partition coefficient (Wildman–Crippen LogP) is 2.83. The van der Waals surface area contributed by atoms with Gasteiger partial charge in [-0.3, -0.25) is 4.90 Å². The van der Waals surface area contributed by atoms with Crippen LogP contribution in [0.5, 0.6) is 0 Å². The number of hydrogen-bond donors (Lipinski definition) is 0. The second-order valence-corrected chi connectivity index (χ2v) is 7.14. The van der Waals surface area contributed by atoms with Crippen LogP contribution in [-0.2, 0) is 4.74 Å². The van der Waals surface area contributed by atoms with Gasteiger partial charge in [0.2, 0.25) is 0 Å². The molecule has 0 bridgehead atoms. The van der Waals surface area contributed by atoms with E-state index in [0.717, 1.165) is 67.1 Å². The molecule has 2 fully saturated rings. The van der Waals surface area contributed by atoms with Crippen LogP contribution in [0.1, 0.15) is 12.8 Å². The molecule has 128 valence electrons. The zero-order chi connectivity index (χ0) is 16.4. The van der Waals surface area contributed by atoms with Crippen LogP contribution in [0.25, 0.3) is 10.9 Å². The van der Waals surface area contributed by atoms with Crippen LogP contribution in [0.2, 0.25) is 5.02 Å². The SMILES string of the molecule is Clc1ccc2c(N3CCC(CN4CCOCC4)CC3)ncnc2c1. The van der Waals surface area contributed by atoms with Gasteiger partial charge >= 0.3 is 0 Å². The maximum Gasteiger partial charge on any atom is 0.139 e. The van der Waals surface area contributed by atoms with Gasteiger partial charge in [-0.05, 0) is 37.0 Å². The highest BCUT2D eigenvalue weighted by atomic mass is 35.5. The summed E-state index contributed by atoms with van der Waals surface area (Å²) in [5.41, 5.74) is 0.919. The van der Waals surface area contributed by atoms with Crippen LogP contribution >= 0.6 is 11.6 Å². The van der Waals surface area contributed by atoms with Crippen molar-refractivity contribution in [3.05, 3.63) is 29.5 Å². The fraction of sp³-hybridized carbons (Fsp3) is 0.556. The highest BCUT2D eigenvalue weighted by Gasteiger charge is 2.24. The van der Waals surface area contributed by atoms with Crippen molar-refractivity contribution < 1.29 is 4.74 Å². The second-order valence-electron chi connectivity index (χ2n) is 6.70. The third-order valence-electron chi connectivity index (χ3n) is 5.11. The van der Waals surface area contributed by atoms with Crippen molar-refractivity contribution in [1.29, 1.82) is 0 Å². The molecule has 0 radical (unpaired) electrons. The van der Waals surface area contributed by atoms with Gasteiger partial charge in [-0.1, -0.05) is 11.6 Å². The summed E-state index contributed by atoms with van der Waals surface area (Å²) < 4.78 is 5.44. The Morgan fingerprint density at radius 2 is 1.88 bits per heavy atom. The zero-order valence-corrected chi connectivity index (χ0v) is 14.6. The number of morpholine rings is 1. The topological polar surface area (TPSA) is 41.5 Å². The molecule has 3 heterocycles. The van der Waals surface area contributed by atoms with E-state index in [9.17, 15) is 0 Å². The lowest BCUT2D eigenvalue weighted by Gasteiger charge is -2.36. The quantitative estimate of drug-likeness (QED) is 0.854. The van der Waals surface area contributed by atoms with E-state index in [0.29, 0.717) is 0 Å². The molecule has 2 saturated heterocycles. The normalized spacial score (nSPS) is 20.6. The molecule has 0 saturated carbocycles. The van der Waals surface area contributed by atoms with E-state index < -0.39 is 0 Å². The number of piperidine rings is 1. The molecule has 1 aromatic heterocycles. The molecule has 0 spiro atoms. The third kappa shape index (κ3) is 3.48. The molecular formula is C18H23ClN4O. The summed E-state index contributed by atoms with van der Waals surface area (Å²) in [5, 5.41) is 1.81. The van der Waals surface area contributed by atoms with Gasteiger partial charge in [-0.25, -0.2) is 9.97 Å². The Labute approximate surface area is 147 Å². The van der Waals surface area contributed by atoms with Crippen LogP contribution < -0.4 is 4.90 Å². The first-order chi connectivity index (χ1) is 11.8. The van der Waals surface area contributed by atoms with Crippen molar-refractivity contribution >= 4 is 28.3 Å². The Balaban J connectivity index is 1.42. The number of halogens is 1. The lowest BCUT2D eigenvalue weighted by molar-refractivity contribution is 0.0289. The van der Waals surface area contributed by atoms with Gasteiger partial charge in [0.25, 0.3) is 0 Å². The van der Waals surface area contributed by atoms with E-state index in [1.165, 1.54) is 19.4 Å². The van der Waals surface area contributed by atoms with Gasteiger partial charge in [-0.15, -0.1) is 0 Å². The lowest BCUT2D eigenvalue weighted by atomic mass is 9.96. The first kappa shape index (κ1) is 16.1. The van der Waals surface area contributed by atoms with E-state index in [1.54, 1.807) is 6.33 Å². The number of aromatic nitrogens is 2. The van der Waals surface area contributed by atoms with E-state index >= 15 is 0 Å². The minimum atomic E-state index is 0.719. The smallest absolute Gasteiger partial charge is 0.139 e. The molecule has 0 amide bonds. The lowest BCUT2D eigenvalue weighted by Crippen LogP contribution is -2.43. The number of benzene rings is 1. The number of anilines is 1.